The van der Waals surface area contributed by atoms with Crippen molar-refractivity contribution in [1.29, 1.82) is 5.26 Å². The fraction of sp³-hybridized carbons (Fsp3) is 0.217. The van der Waals surface area contributed by atoms with Gasteiger partial charge in [0.1, 0.15) is 35.3 Å². The monoisotopic (exact) mass is 658 g/mol. The van der Waals surface area contributed by atoms with Gasteiger partial charge in [-0.3, -0.25) is 4.99 Å². The quantitative estimate of drug-likeness (QED) is 0.0851. The molecular formula is C23H23F3IN8PS. The molecule has 3 rings (SSSR count). The van der Waals surface area contributed by atoms with Crippen LogP contribution in [0.4, 0.5) is 53.4 Å². The van der Waals surface area contributed by atoms with Crippen LogP contribution >= 0.6 is 41.2 Å². The number of halogens is 4. The molecular weight excluding hydrogens is 635 g/mol. The third-order valence-electron chi connectivity index (χ3n) is 4.94. The topological polar surface area (TPSA) is 92.5 Å². The van der Waals surface area contributed by atoms with Gasteiger partial charge in [-0.15, -0.1) is 0 Å². The van der Waals surface area contributed by atoms with Crippen LogP contribution in [0.5, 0.6) is 0 Å². The van der Waals surface area contributed by atoms with Crippen LogP contribution in [0.2, 0.25) is 0 Å². The molecule has 2 heterocycles. The fourth-order valence-electron chi connectivity index (χ4n) is 3.34. The Morgan fingerprint density at radius 1 is 1.16 bits per heavy atom. The largest absolute Gasteiger partial charge is 0.352 e. The summed E-state index contributed by atoms with van der Waals surface area (Å²) in [5, 5.41) is 15.5. The second kappa shape index (κ2) is 13.1. The first-order valence-corrected chi connectivity index (χ1v) is 15.2. The van der Waals surface area contributed by atoms with Crippen LogP contribution in [0.1, 0.15) is 24.6 Å². The molecule has 3 aromatic rings. The van der Waals surface area contributed by atoms with Crippen molar-refractivity contribution in [3.8, 4) is 6.07 Å². The van der Waals surface area contributed by atoms with Crippen molar-refractivity contribution in [3.63, 3.8) is 0 Å². The number of nitrogens with one attached hydrogen (secondary N) is 2. The van der Waals surface area contributed by atoms with Crippen molar-refractivity contribution < 1.29 is 13.2 Å². The Morgan fingerprint density at radius 2 is 1.92 bits per heavy atom. The van der Waals surface area contributed by atoms with E-state index in [0.717, 1.165) is 0 Å². The Balaban J connectivity index is 2.16. The first-order chi connectivity index (χ1) is 17.7. The molecule has 0 bridgehead atoms. The lowest BCUT2D eigenvalue weighted by Crippen LogP contribution is -2.21. The number of anilines is 6. The highest BCUT2D eigenvalue weighted by molar-refractivity contribution is 14.2. The summed E-state index contributed by atoms with van der Waals surface area (Å²) in [6, 6.07) is 12.7. The summed E-state index contributed by atoms with van der Waals surface area (Å²) < 4.78 is 43.8. The number of hydrogen-bond donors (Lipinski definition) is 3. The summed E-state index contributed by atoms with van der Waals surface area (Å²) in [7, 11) is 1.62. The molecule has 0 radical (unpaired) electrons. The van der Waals surface area contributed by atoms with Gasteiger partial charge in [-0.2, -0.15) is 5.26 Å². The molecule has 1 aromatic carbocycles. The van der Waals surface area contributed by atoms with Gasteiger partial charge in [0.05, 0.1) is 23.6 Å². The third-order valence-corrected chi connectivity index (χ3v) is 7.50. The number of thiol groups is 1. The minimum atomic E-state index is -2.65. The van der Waals surface area contributed by atoms with Gasteiger partial charge >= 0.3 is 0 Å². The van der Waals surface area contributed by atoms with Gasteiger partial charge in [0.2, 0.25) is 0 Å². The smallest absolute Gasteiger partial charge is 0.263 e. The Bertz CT molecular complexity index is 1310. The van der Waals surface area contributed by atoms with Crippen LogP contribution in [0, 0.1) is 11.3 Å². The molecule has 2 aromatic heterocycles. The van der Waals surface area contributed by atoms with E-state index in [1.54, 1.807) is 36.0 Å². The van der Waals surface area contributed by atoms with E-state index in [1.807, 2.05) is 6.07 Å². The molecule has 2 N–H and O–H groups in total. The zero-order chi connectivity index (χ0) is 27.1. The van der Waals surface area contributed by atoms with E-state index in [9.17, 15) is 18.4 Å². The number of nitriles is 1. The summed E-state index contributed by atoms with van der Waals surface area (Å²) in [6.07, 6.45) is -3.66. The highest BCUT2D eigenvalue weighted by Crippen LogP contribution is 2.45. The van der Waals surface area contributed by atoms with Crippen molar-refractivity contribution in [1.82, 2.24) is 9.97 Å². The molecule has 0 saturated carbocycles. The molecule has 8 nitrogen and oxygen atoms in total. The Morgan fingerprint density at radius 3 is 2.51 bits per heavy atom. The molecule has 0 amide bonds. The lowest BCUT2D eigenvalue weighted by molar-refractivity contribution is 0.151. The van der Waals surface area contributed by atoms with E-state index in [0.29, 0.717) is 40.2 Å². The van der Waals surface area contributed by atoms with Gasteiger partial charge in [-0.1, -0.05) is 24.9 Å². The lowest BCUT2D eigenvalue weighted by Gasteiger charge is -2.26. The minimum Gasteiger partial charge on any atom is -0.352 e. The normalized spacial score (nSPS) is 11.9. The third kappa shape index (κ3) is 7.37. The number of hydrogen-bond acceptors (Lipinski definition) is 9. The number of aromatic nitrogens is 2. The second-order valence-corrected chi connectivity index (χ2v) is 10.5. The highest BCUT2D eigenvalue weighted by atomic mass is 127. The zero-order valence-electron chi connectivity index (χ0n) is 19.8. The molecule has 194 valence electrons. The van der Waals surface area contributed by atoms with Crippen LogP contribution in [0.15, 0.2) is 47.5 Å². The average Bonchev–Trinajstić information content (AvgIpc) is 2.87. The Labute approximate surface area is 233 Å². The molecule has 14 heteroatoms. The highest BCUT2D eigenvalue weighted by Gasteiger charge is 2.21. The van der Waals surface area contributed by atoms with Crippen LogP contribution in [0.25, 0.3) is 0 Å². The zero-order valence-corrected chi connectivity index (χ0v) is 23.8. The lowest BCUT2D eigenvalue weighted by atomic mass is 10.1. The van der Waals surface area contributed by atoms with E-state index in [-0.39, 0.29) is 24.2 Å². The predicted octanol–water partition coefficient (Wildman–Crippen LogP) is 7.49. The molecule has 2 unspecified atom stereocenters. The minimum absolute atomic E-state index is 0.0652. The standard InChI is InChI=1S/C23H23F3IN8PS/c1-13(24)12-35(36-27)23-21(29-2)17(10-20(33-23)32-19-6-4-5-15(11-28)30-19)31-16-8-7-14(22(25)26)9-18(16)34(3)37/h4-10,13,22,36-37H,2,12H2,1,3H3,(H2,30,31,32,33). The summed E-state index contributed by atoms with van der Waals surface area (Å²) in [5.74, 6) is 1.08. The maximum Gasteiger partial charge on any atom is 0.263 e. The molecule has 0 fully saturated rings. The van der Waals surface area contributed by atoms with Gasteiger partial charge in [-0.25, -0.2) is 23.1 Å². The Hall–Kier alpha value is -2.82. The summed E-state index contributed by atoms with van der Waals surface area (Å²) in [5.41, 5.74) is 1.72. The van der Waals surface area contributed by atoms with Gasteiger partial charge < -0.3 is 19.6 Å². The molecule has 2 atom stereocenters. The number of rotatable bonds is 11. The van der Waals surface area contributed by atoms with Crippen molar-refractivity contribution in [2.24, 2.45) is 4.99 Å². The first kappa shape index (κ1) is 28.7. The number of alkyl halides is 3. The number of nitrogens with zero attached hydrogens (tertiary/aromatic N) is 6. The maximum absolute atomic E-state index is 14.0. The van der Waals surface area contributed by atoms with Crippen molar-refractivity contribution >= 4 is 88.2 Å². The van der Waals surface area contributed by atoms with Crippen LogP contribution in [-0.4, -0.2) is 36.4 Å². The average molecular weight is 658 g/mol. The van der Waals surface area contributed by atoms with Crippen molar-refractivity contribution in [3.05, 3.63) is 53.7 Å². The summed E-state index contributed by atoms with van der Waals surface area (Å²) >= 11 is 6.43. The molecule has 0 aliphatic carbocycles. The van der Waals surface area contributed by atoms with E-state index in [1.165, 1.54) is 29.4 Å². The molecule has 37 heavy (non-hydrogen) atoms. The second-order valence-electron chi connectivity index (χ2n) is 7.73. The summed E-state index contributed by atoms with van der Waals surface area (Å²) in [6.45, 7) is 5.19. The summed E-state index contributed by atoms with van der Waals surface area (Å²) in [4.78, 5) is 13.0. The van der Waals surface area contributed by atoms with E-state index in [4.69, 9.17) is 0 Å². The molecule has 0 saturated heterocycles. The SMILES string of the molecule is C=Nc1c(Nc2ccc(C(F)F)cc2N(C)S)cc(Nc2cccc(C#N)n2)nc1N(CC(C)F)PI. The van der Waals surface area contributed by atoms with Crippen LogP contribution in [-0.2, 0) is 0 Å². The molecule has 0 aliphatic heterocycles. The number of benzene rings is 1. The first-order valence-electron chi connectivity index (χ1n) is 10.7. The van der Waals surface area contributed by atoms with Gasteiger partial charge in [0.15, 0.2) is 5.82 Å². The van der Waals surface area contributed by atoms with Gasteiger partial charge in [0, 0.05) is 25.1 Å². The maximum atomic E-state index is 14.0. The van der Waals surface area contributed by atoms with E-state index < -0.39 is 12.6 Å². The van der Waals surface area contributed by atoms with Crippen molar-refractivity contribution in [2.75, 3.05) is 33.2 Å². The fourth-order valence-corrected chi connectivity index (χ4v) is 5.34. The van der Waals surface area contributed by atoms with Gasteiger partial charge in [-0.05, 0) is 59.9 Å². The van der Waals surface area contributed by atoms with Crippen molar-refractivity contribution in [2.45, 2.75) is 19.5 Å². The van der Waals surface area contributed by atoms with E-state index >= 15 is 0 Å². The van der Waals surface area contributed by atoms with E-state index in [2.05, 4.69) is 67.2 Å². The van der Waals surface area contributed by atoms with Crippen LogP contribution < -0.4 is 19.6 Å². The van der Waals surface area contributed by atoms with Crippen LogP contribution in [0.3, 0.4) is 0 Å². The Kier molecular flexibility index (Phi) is 10.2. The predicted molar refractivity (Wildman–Crippen MR) is 158 cm³/mol. The number of aliphatic imine (C=N–C) groups is 1. The molecule has 0 spiro atoms. The molecule has 0 aliphatic rings. The van der Waals surface area contributed by atoms with Gasteiger partial charge in [0.25, 0.3) is 6.43 Å². The number of pyridine rings is 2.